The first-order chi connectivity index (χ1) is 15.1. The number of carbonyl (C=O) groups excluding carboxylic acids is 1. The van der Waals surface area contributed by atoms with Crippen molar-refractivity contribution in [1.29, 1.82) is 0 Å². The van der Waals surface area contributed by atoms with E-state index in [0.717, 1.165) is 31.5 Å². The van der Waals surface area contributed by atoms with Gasteiger partial charge < -0.3 is 14.6 Å². The standard InChI is InChI=1S/C25H29N3O3/c29-23(12-4-5-13-24(30)31)27-17-14-20-21-11-6-15-26-25(21)28(22(20)18-27)16-7-10-19-8-2-1-3-9-19/h1-3,6,8-9,11,15H,4-5,7,10,12-14,16-18H2,(H,30,31). The lowest BCUT2D eigenvalue weighted by Gasteiger charge is -2.28. The van der Waals surface area contributed by atoms with Crippen molar-refractivity contribution in [2.75, 3.05) is 6.54 Å². The Bertz CT molecular complexity index is 1060. The molecule has 6 heteroatoms. The van der Waals surface area contributed by atoms with Crippen LogP contribution in [0.3, 0.4) is 0 Å². The topological polar surface area (TPSA) is 75.4 Å². The molecule has 1 aliphatic rings. The predicted octanol–water partition coefficient (Wildman–Crippen LogP) is 4.20. The quantitative estimate of drug-likeness (QED) is 0.528. The van der Waals surface area contributed by atoms with Crippen LogP contribution in [0.1, 0.15) is 48.9 Å². The molecule has 0 saturated heterocycles. The molecular weight excluding hydrogens is 390 g/mol. The van der Waals surface area contributed by atoms with Gasteiger partial charge in [0.2, 0.25) is 5.91 Å². The number of carboxylic acids is 1. The minimum Gasteiger partial charge on any atom is -0.481 e. The Morgan fingerprint density at radius 1 is 1.00 bits per heavy atom. The van der Waals surface area contributed by atoms with E-state index in [4.69, 9.17) is 5.11 Å². The number of nitrogens with zero attached hydrogens (tertiary/aromatic N) is 3. The number of hydrogen-bond acceptors (Lipinski definition) is 3. The number of pyridine rings is 1. The van der Waals surface area contributed by atoms with Gasteiger partial charge in [0.1, 0.15) is 5.65 Å². The van der Waals surface area contributed by atoms with Gasteiger partial charge in [0.15, 0.2) is 0 Å². The Balaban J connectivity index is 1.47. The Morgan fingerprint density at radius 3 is 2.61 bits per heavy atom. The molecule has 1 aromatic carbocycles. The summed E-state index contributed by atoms with van der Waals surface area (Å²) in [6, 6.07) is 14.6. The van der Waals surface area contributed by atoms with E-state index in [9.17, 15) is 9.59 Å². The van der Waals surface area contributed by atoms with Crippen LogP contribution in [0, 0.1) is 0 Å². The third-order valence-corrected chi connectivity index (χ3v) is 6.09. The summed E-state index contributed by atoms with van der Waals surface area (Å²) in [7, 11) is 0. The second kappa shape index (κ2) is 9.77. The van der Waals surface area contributed by atoms with Crippen LogP contribution < -0.4 is 0 Å². The third-order valence-electron chi connectivity index (χ3n) is 6.09. The highest BCUT2D eigenvalue weighted by molar-refractivity contribution is 5.83. The summed E-state index contributed by atoms with van der Waals surface area (Å²) in [5.41, 5.74) is 4.86. The summed E-state index contributed by atoms with van der Waals surface area (Å²) < 4.78 is 2.30. The van der Waals surface area contributed by atoms with Crippen LogP contribution in [-0.4, -0.2) is 38.0 Å². The summed E-state index contributed by atoms with van der Waals surface area (Å²) in [6.45, 7) is 2.19. The molecule has 162 valence electrons. The number of unbranched alkanes of at least 4 members (excludes halogenated alkanes) is 1. The van der Waals surface area contributed by atoms with Gasteiger partial charge in [-0.2, -0.15) is 0 Å². The number of aromatic nitrogens is 2. The average Bonchev–Trinajstić information content (AvgIpc) is 3.10. The average molecular weight is 420 g/mol. The summed E-state index contributed by atoms with van der Waals surface area (Å²) >= 11 is 0. The molecule has 6 nitrogen and oxygen atoms in total. The van der Waals surface area contributed by atoms with Crippen LogP contribution in [0.2, 0.25) is 0 Å². The number of rotatable bonds is 9. The maximum absolute atomic E-state index is 12.7. The van der Waals surface area contributed by atoms with E-state index in [1.54, 1.807) is 0 Å². The van der Waals surface area contributed by atoms with Crippen molar-refractivity contribution in [3.8, 4) is 0 Å². The molecule has 1 amide bonds. The van der Waals surface area contributed by atoms with Gasteiger partial charge in [0.25, 0.3) is 0 Å². The Kier molecular flexibility index (Phi) is 6.65. The first-order valence-electron chi connectivity index (χ1n) is 11.1. The first-order valence-corrected chi connectivity index (χ1v) is 11.1. The van der Waals surface area contributed by atoms with Gasteiger partial charge in [-0.15, -0.1) is 0 Å². The molecule has 0 bridgehead atoms. The number of carbonyl (C=O) groups is 2. The molecule has 0 fully saturated rings. The van der Waals surface area contributed by atoms with Crippen molar-refractivity contribution in [3.05, 3.63) is 65.5 Å². The van der Waals surface area contributed by atoms with Crippen molar-refractivity contribution in [2.24, 2.45) is 0 Å². The fourth-order valence-electron chi connectivity index (χ4n) is 4.51. The van der Waals surface area contributed by atoms with E-state index < -0.39 is 5.97 Å². The normalized spacial score (nSPS) is 13.4. The fraction of sp³-hybridized carbons (Fsp3) is 0.400. The minimum atomic E-state index is -0.803. The van der Waals surface area contributed by atoms with Crippen LogP contribution in [0.15, 0.2) is 48.7 Å². The zero-order valence-electron chi connectivity index (χ0n) is 17.8. The molecule has 3 aromatic rings. The van der Waals surface area contributed by atoms with Crippen LogP contribution in [-0.2, 0) is 35.5 Å². The summed E-state index contributed by atoms with van der Waals surface area (Å²) in [6.07, 6.45) is 6.40. The molecule has 0 atom stereocenters. The summed E-state index contributed by atoms with van der Waals surface area (Å²) in [5, 5.41) is 9.98. The van der Waals surface area contributed by atoms with Gasteiger partial charge >= 0.3 is 5.97 Å². The van der Waals surface area contributed by atoms with E-state index in [-0.39, 0.29) is 12.3 Å². The van der Waals surface area contributed by atoms with Gasteiger partial charge in [-0.3, -0.25) is 9.59 Å². The van der Waals surface area contributed by atoms with Gasteiger partial charge in [-0.05, 0) is 55.4 Å². The monoisotopic (exact) mass is 419 g/mol. The lowest BCUT2D eigenvalue weighted by molar-refractivity contribution is -0.137. The van der Waals surface area contributed by atoms with Crippen LogP contribution in [0.25, 0.3) is 11.0 Å². The predicted molar refractivity (Wildman–Crippen MR) is 120 cm³/mol. The maximum Gasteiger partial charge on any atom is 0.303 e. The number of aliphatic carboxylic acids is 1. The molecule has 1 N–H and O–H groups in total. The second-order valence-corrected chi connectivity index (χ2v) is 8.21. The molecule has 2 aromatic heterocycles. The second-order valence-electron chi connectivity index (χ2n) is 8.21. The van der Waals surface area contributed by atoms with Crippen LogP contribution in [0.4, 0.5) is 0 Å². The molecule has 0 aliphatic carbocycles. The Hall–Kier alpha value is -3.15. The van der Waals surface area contributed by atoms with Gasteiger partial charge in [-0.1, -0.05) is 30.3 Å². The largest absolute Gasteiger partial charge is 0.481 e. The SMILES string of the molecule is O=C(O)CCCCC(=O)N1CCc2c(n(CCCc3ccccc3)c3ncccc23)C1. The lowest BCUT2D eigenvalue weighted by atomic mass is 10.0. The van der Waals surface area contributed by atoms with E-state index >= 15 is 0 Å². The van der Waals surface area contributed by atoms with Crippen molar-refractivity contribution in [1.82, 2.24) is 14.5 Å². The number of amides is 1. The molecule has 0 radical (unpaired) electrons. The van der Waals surface area contributed by atoms with Gasteiger partial charge in [0, 0.05) is 43.2 Å². The zero-order valence-corrected chi connectivity index (χ0v) is 17.8. The lowest BCUT2D eigenvalue weighted by Crippen LogP contribution is -2.36. The van der Waals surface area contributed by atoms with E-state index in [1.807, 2.05) is 23.2 Å². The van der Waals surface area contributed by atoms with Gasteiger partial charge in [-0.25, -0.2) is 4.98 Å². The molecule has 0 saturated carbocycles. The highest BCUT2D eigenvalue weighted by atomic mass is 16.4. The third kappa shape index (κ3) is 4.95. The highest BCUT2D eigenvalue weighted by Crippen LogP contribution is 2.30. The fourth-order valence-corrected chi connectivity index (χ4v) is 4.51. The summed E-state index contributed by atoms with van der Waals surface area (Å²) in [5.74, 6) is -0.687. The molecular formula is C25H29N3O3. The Labute approximate surface area is 182 Å². The molecule has 3 heterocycles. The molecule has 4 rings (SSSR count). The molecule has 0 spiro atoms. The Morgan fingerprint density at radius 2 is 1.81 bits per heavy atom. The van der Waals surface area contributed by atoms with Gasteiger partial charge in [0.05, 0.1) is 6.54 Å². The number of benzene rings is 1. The number of carboxylic acid groups (broad SMARTS) is 1. The number of aryl methyl sites for hydroxylation is 2. The number of hydrogen-bond donors (Lipinski definition) is 1. The zero-order chi connectivity index (χ0) is 21.6. The van der Waals surface area contributed by atoms with Crippen LogP contribution >= 0.6 is 0 Å². The molecule has 31 heavy (non-hydrogen) atoms. The van der Waals surface area contributed by atoms with Crippen molar-refractivity contribution >= 4 is 22.9 Å². The minimum absolute atomic E-state index is 0.116. The van der Waals surface area contributed by atoms with E-state index in [0.29, 0.717) is 32.4 Å². The number of fused-ring (bicyclic) bond motifs is 3. The molecule has 0 unspecified atom stereocenters. The van der Waals surface area contributed by atoms with Crippen molar-refractivity contribution < 1.29 is 14.7 Å². The summed E-state index contributed by atoms with van der Waals surface area (Å²) in [4.78, 5) is 30.0. The van der Waals surface area contributed by atoms with Crippen molar-refractivity contribution in [3.63, 3.8) is 0 Å². The smallest absolute Gasteiger partial charge is 0.303 e. The van der Waals surface area contributed by atoms with Crippen molar-refractivity contribution in [2.45, 2.75) is 58.0 Å². The van der Waals surface area contributed by atoms with E-state index in [1.165, 1.54) is 22.2 Å². The maximum atomic E-state index is 12.7. The van der Waals surface area contributed by atoms with E-state index in [2.05, 4.69) is 39.9 Å². The molecule has 1 aliphatic heterocycles. The highest BCUT2D eigenvalue weighted by Gasteiger charge is 2.26. The first kappa shape index (κ1) is 21.1. The van der Waals surface area contributed by atoms with Crippen LogP contribution in [0.5, 0.6) is 0 Å².